The van der Waals surface area contributed by atoms with Crippen LogP contribution in [0, 0.1) is 6.92 Å². The Morgan fingerprint density at radius 3 is 2.42 bits per heavy atom. The van der Waals surface area contributed by atoms with E-state index in [-0.39, 0.29) is 23.8 Å². The number of nitrogens with zero attached hydrogens (tertiary/aromatic N) is 2. The lowest BCUT2D eigenvalue weighted by molar-refractivity contribution is -0.131. The van der Waals surface area contributed by atoms with Crippen LogP contribution in [0.4, 0.5) is 0 Å². The highest BCUT2D eigenvalue weighted by molar-refractivity contribution is 6.32. The molecule has 0 aliphatic carbocycles. The molecular weight excluding hydrogens is 354 g/mol. The first-order chi connectivity index (χ1) is 12.5. The lowest BCUT2D eigenvalue weighted by Gasteiger charge is -2.35. The fraction of sp³-hybridized carbons (Fsp3) is 0.316. The Labute approximate surface area is 156 Å². The van der Waals surface area contributed by atoms with Gasteiger partial charge in [0, 0.05) is 43.5 Å². The first-order valence-electron chi connectivity index (χ1n) is 8.45. The molecule has 26 heavy (non-hydrogen) atoms. The predicted molar refractivity (Wildman–Crippen MR) is 99.4 cm³/mol. The summed E-state index contributed by atoms with van der Waals surface area (Å²) in [5.41, 5.74) is 1.97. The Hall–Kier alpha value is -2.60. The van der Waals surface area contributed by atoms with Crippen LogP contribution in [0.2, 0.25) is 5.02 Å². The van der Waals surface area contributed by atoms with Gasteiger partial charge >= 0.3 is 0 Å². The topological polar surface area (TPSA) is 73.5 Å². The van der Waals surface area contributed by atoms with Crippen LogP contribution in [0.25, 0.3) is 0 Å². The van der Waals surface area contributed by atoms with E-state index in [2.05, 4.69) is 4.98 Å². The minimum atomic E-state index is -0.244. The second-order valence-electron chi connectivity index (χ2n) is 6.34. The molecule has 2 aromatic rings. The number of carbonyl (C=O) groups is 2. The average Bonchev–Trinajstić information content (AvgIpc) is 2.65. The summed E-state index contributed by atoms with van der Waals surface area (Å²) in [6.07, 6.45) is 1.68. The summed E-state index contributed by atoms with van der Waals surface area (Å²) >= 11 is 6.27. The van der Waals surface area contributed by atoms with Crippen LogP contribution in [0.1, 0.15) is 21.5 Å². The summed E-state index contributed by atoms with van der Waals surface area (Å²) in [6, 6.07) is 8.52. The van der Waals surface area contributed by atoms with Crippen LogP contribution < -0.4 is 5.56 Å². The number of hydrogen-bond acceptors (Lipinski definition) is 3. The van der Waals surface area contributed by atoms with Crippen LogP contribution in [-0.2, 0) is 11.2 Å². The molecule has 1 aliphatic heterocycles. The molecule has 7 heteroatoms. The molecule has 1 fully saturated rings. The first-order valence-corrected chi connectivity index (χ1v) is 8.83. The van der Waals surface area contributed by atoms with Crippen molar-refractivity contribution in [3.8, 4) is 0 Å². The molecule has 0 spiro atoms. The SMILES string of the molecule is Cc1cccc(CC(=O)N2CCN(C(=O)c3ccc(=O)[nH]c3)CC2)c1Cl. The number of nitrogens with one attached hydrogen (secondary N) is 1. The van der Waals surface area contributed by atoms with E-state index >= 15 is 0 Å². The quantitative estimate of drug-likeness (QED) is 0.892. The molecule has 2 heterocycles. The molecule has 1 aliphatic rings. The molecule has 0 radical (unpaired) electrons. The number of aromatic amines is 1. The fourth-order valence-corrected chi connectivity index (χ4v) is 3.20. The van der Waals surface area contributed by atoms with Crippen molar-refractivity contribution in [3.05, 3.63) is 68.6 Å². The van der Waals surface area contributed by atoms with Gasteiger partial charge in [0.15, 0.2) is 0 Å². The van der Waals surface area contributed by atoms with Crippen molar-refractivity contribution in [2.75, 3.05) is 26.2 Å². The molecule has 6 nitrogen and oxygen atoms in total. The van der Waals surface area contributed by atoms with Crippen molar-refractivity contribution in [1.29, 1.82) is 0 Å². The molecule has 0 saturated carbocycles. The van der Waals surface area contributed by atoms with Gasteiger partial charge in [-0.25, -0.2) is 0 Å². The summed E-state index contributed by atoms with van der Waals surface area (Å²) in [7, 11) is 0. The maximum absolute atomic E-state index is 12.5. The third-order valence-corrected chi connectivity index (χ3v) is 5.11. The van der Waals surface area contributed by atoms with Gasteiger partial charge in [-0.2, -0.15) is 0 Å². The van der Waals surface area contributed by atoms with Crippen molar-refractivity contribution >= 4 is 23.4 Å². The number of aromatic nitrogens is 1. The molecule has 1 aromatic carbocycles. The van der Waals surface area contributed by atoms with Crippen molar-refractivity contribution in [2.24, 2.45) is 0 Å². The number of hydrogen-bond donors (Lipinski definition) is 1. The highest BCUT2D eigenvalue weighted by Crippen LogP contribution is 2.21. The zero-order valence-corrected chi connectivity index (χ0v) is 15.3. The molecule has 1 N–H and O–H groups in total. The van der Waals surface area contributed by atoms with Gasteiger partial charge in [0.25, 0.3) is 5.91 Å². The Bertz CT molecular complexity index is 865. The zero-order valence-electron chi connectivity index (χ0n) is 14.5. The number of H-pyrrole nitrogens is 1. The van der Waals surface area contributed by atoms with Crippen LogP contribution >= 0.6 is 11.6 Å². The number of amides is 2. The summed E-state index contributed by atoms with van der Waals surface area (Å²) in [4.78, 5) is 42.0. The van der Waals surface area contributed by atoms with Crippen LogP contribution in [-0.4, -0.2) is 52.8 Å². The lowest BCUT2D eigenvalue weighted by atomic mass is 10.1. The molecule has 1 aromatic heterocycles. The minimum Gasteiger partial charge on any atom is -0.339 e. The number of halogens is 1. The lowest BCUT2D eigenvalue weighted by Crippen LogP contribution is -2.51. The average molecular weight is 374 g/mol. The van der Waals surface area contributed by atoms with E-state index in [1.807, 2.05) is 25.1 Å². The summed E-state index contributed by atoms with van der Waals surface area (Å²) in [6.45, 7) is 3.81. The molecule has 0 unspecified atom stereocenters. The summed E-state index contributed by atoms with van der Waals surface area (Å²) in [5, 5.41) is 0.632. The largest absolute Gasteiger partial charge is 0.339 e. The van der Waals surface area contributed by atoms with Crippen molar-refractivity contribution in [3.63, 3.8) is 0 Å². The molecule has 136 valence electrons. The van der Waals surface area contributed by atoms with Crippen LogP contribution in [0.5, 0.6) is 0 Å². The number of benzene rings is 1. The summed E-state index contributed by atoms with van der Waals surface area (Å²) < 4.78 is 0. The first kappa shape index (κ1) is 18.2. The van der Waals surface area contributed by atoms with E-state index < -0.39 is 0 Å². The second kappa shape index (κ2) is 7.74. The number of piperazine rings is 1. The number of carbonyl (C=O) groups excluding carboxylic acids is 2. The summed E-state index contributed by atoms with van der Waals surface area (Å²) in [5.74, 6) is -0.135. The Morgan fingerprint density at radius 1 is 1.08 bits per heavy atom. The highest BCUT2D eigenvalue weighted by atomic mass is 35.5. The van der Waals surface area contributed by atoms with Crippen molar-refractivity contribution in [2.45, 2.75) is 13.3 Å². The van der Waals surface area contributed by atoms with Crippen molar-refractivity contribution < 1.29 is 9.59 Å². The van der Waals surface area contributed by atoms with Gasteiger partial charge in [-0.15, -0.1) is 0 Å². The monoisotopic (exact) mass is 373 g/mol. The highest BCUT2D eigenvalue weighted by Gasteiger charge is 2.25. The molecule has 1 saturated heterocycles. The van der Waals surface area contributed by atoms with E-state index in [1.165, 1.54) is 18.3 Å². The van der Waals surface area contributed by atoms with Crippen LogP contribution in [0.3, 0.4) is 0 Å². The smallest absolute Gasteiger partial charge is 0.255 e. The Balaban J connectivity index is 1.58. The Kier molecular flexibility index (Phi) is 5.42. The standard InChI is InChI=1S/C19H20ClN3O3/c1-13-3-2-4-14(18(13)20)11-17(25)22-7-9-23(10-8-22)19(26)15-5-6-16(24)21-12-15/h2-6,12H,7-11H2,1H3,(H,21,24). The fourth-order valence-electron chi connectivity index (χ4n) is 3.00. The number of aryl methyl sites for hydroxylation is 1. The zero-order chi connectivity index (χ0) is 18.7. The van der Waals surface area contributed by atoms with Gasteiger partial charge in [-0.3, -0.25) is 14.4 Å². The number of rotatable bonds is 3. The molecule has 0 atom stereocenters. The molecule has 3 rings (SSSR count). The molecule has 0 bridgehead atoms. The Morgan fingerprint density at radius 2 is 1.77 bits per heavy atom. The molecule has 2 amide bonds. The third-order valence-electron chi connectivity index (χ3n) is 4.56. The van der Waals surface area contributed by atoms with E-state index in [1.54, 1.807) is 9.80 Å². The second-order valence-corrected chi connectivity index (χ2v) is 6.72. The van der Waals surface area contributed by atoms with E-state index in [9.17, 15) is 14.4 Å². The molecular formula is C19H20ClN3O3. The van der Waals surface area contributed by atoms with Crippen molar-refractivity contribution in [1.82, 2.24) is 14.8 Å². The van der Waals surface area contributed by atoms with E-state index in [0.717, 1.165) is 11.1 Å². The van der Waals surface area contributed by atoms with Gasteiger partial charge in [-0.05, 0) is 24.1 Å². The maximum Gasteiger partial charge on any atom is 0.255 e. The minimum absolute atomic E-state index is 0.00800. The number of pyridine rings is 1. The van der Waals surface area contributed by atoms with Gasteiger partial charge in [0.2, 0.25) is 11.5 Å². The third kappa shape index (κ3) is 3.96. The maximum atomic E-state index is 12.5. The van der Waals surface area contributed by atoms with Gasteiger partial charge in [0.05, 0.1) is 12.0 Å². The predicted octanol–water partition coefficient (Wildman–Crippen LogP) is 1.86. The normalized spacial score (nSPS) is 14.4. The van der Waals surface area contributed by atoms with Gasteiger partial charge in [0.1, 0.15) is 0 Å². The van der Waals surface area contributed by atoms with Crippen LogP contribution in [0.15, 0.2) is 41.3 Å². The van der Waals surface area contributed by atoms with Gasteiger partial charge < -0.3 is 14.8 Å². The van der Waals surface area contributed by atoms with E-state index in [4.69, 9.17) is 11.6 Å². The van der Waals surface area contributed by atoms with E-state index in [0.29, 0.717) is 36.8 Å². The van der Waals surface area contributed by atoms with Gasteiger partial charge in [-0.1, -0.05) is 29.8 Å².